The average molecular weight is 152 g/mol. The molecule has 0 aliphatic carbocycles. The number of rotatable bonds is 3. The molecule has 0 rings (SSSR count). The Morgan fingerprint density at radius 1 is 1.56 bits per heavy atom. The van der Waals surface area contributed by atoms with E-state index in [2.05, 4.69) is 11.2 Å². The van der Waals surface area contributed by atoms with Crippen LogP contribution in [0.4, 0.5) is 4.79 Å². The van der Waals surface area contributed by atoms with Crippen molar-refractivity contribution in [3.63, 3.8) is 0 Å². The number of urea groups is 1. The first-order valence-corrected chi connectivity index (χ1v) is 2.47. The lowest BCUT2D eigenvalue weighted by atomic mass is 10.8. The zero-order valence-electron chi connectivity index (χ0n) is 4.48. The van der Waals surface area contributed by atoms with Crippen LogP contribution in [-0.4, -0.2) is 17.8 Å². The van der Waals surface area contributed by atoms with Crippen molar-refractivity contribution in [2.75, 3.05) is 6.54 Å². The fraction of sp³-hybridized carbons (Fsp3) is 0.333. The van der Waals surface area contributed by atoms with Crippen LogP contribution in [0.25, 0.3) is 0 Å². The molecule has 52 valence electrons. The number of hydrogen-bond acceptors (Lipinski definition) is 3. The Balaban J connectivity index is 3.10. The zero-order valence-corrected chi connectivity index (χ0v) is 5.23. The van der Waals surface area contributed by atoms with Gasteiger partial charge in [0.2, 0.25) is 5.24 Å². The van der Waals surface area contributed by atoms with Crippen LogP contribution >= 0.6 is 11.6 Å². The van der Waals surface area contributed by atoms with E-state index in [4.69, 9.17) is 11.6 Å². The van der Waals surface area contributed by atoms with Gasteiger partial charge in [-0.25, -0.2) is 10.2 Å². The van der Waals surface area contributed by atoms with Crippen LogP contribution in [0.2, 0.25) is 0 Å². The van der Waals surface area contributed by atoms with Gasteiger partial charge in [0, 0.05) is 0 Å². The molecule has 0 unspecified atom stereocenters. The van der Waals surface area contributed by atoms with Gasteiger partial charge in [0.25, 0.3) is 0 Å². The van der Waals surface area contributed by atoms with E-state index < -0.39 is 11.3 Å². The maximum Gasteiger partial charge on any atom is 0.326 e. The summed E-state index contributed by atoms with van der Waals surface area (Å²) < 4.78 is 0. The van der Waals surface area contributed by atoms with E-state index in [9.17, 15) is 9.59 Å². The van der Waals surface area contributed by atoms with E-state index in [0.717, 1.165) is 0 Å². The van der Waals surface area contributed by atoms with Crippen LogP contribution in [0, 0.1) is 0 Å². The Kier molecular flexibility index (Phi) is 3.74. The molecular weight excluding hydrogens is 146 g/mol. The van der Waals surface area contributed by atoms with Crippen molar-refractivity contribution < 1.29 is 9.59 Å². The molecule has 0 fully saturated rings. The number of primary amides is 1. The molecule has 0 bridgehead atoms. The minimum atomic E-state index is -0.757. The summed E-state index contributed by atoms with van der Waals surface area (Å²) in [6, 6.07) is -0.757. The predicted octanol–water partition coefficient (Wildman–Crippen LogP) is -1.08. The highest BCUT2D eigenvalue weighted by Gasteiger charge is 1.93. The molecule has 9 heavy (non-hydrogen) atoms. The van der Waals surface area contributed by atoms with Crippen molar-refractivity contribution in [3.05, 3.63) is 0 Å². The summed E-state index contributed by atoms with van der Waals surface area (Å²) in [5.41, 5.74) is 8.75. The van der Waals surface area contributed by atoms with Crippen LogP contribution in [0.15, 0.2) is 0 Å². The van der Waals surface area contributed by atoms with E-state index in [1.807, 2.05) is 5.43 Å². The van der Waals surface area contributed by atoms with Gasteiger partial charge in [0.15, 0.2) is 0 Å². The smallest absolute Gasteiger partial charge is 0.326 e. The topological polar surface area (TPSA) is 84.2 Å². The number of carbonyl (C=O) groups is 2. The van der Waals surface area contributed by atoms with E-state index in [1.165, 1.54) is 0 Å². The van der Waals surface area contributed by atoms with Crippen molar-refractivity contribution in [1.82, 2.24) is 10.9 Å². The molecule has 0 aliphatic heterocycles. The van der Waals surface area contributed by atoms with Crippen molar-refractivity contribution in [2.45, 2.75) is 0 Å². The van der Waals surface area contributed by atoms with Gasteiger partial charge in [0.05, 0.1) is 6.54 Å². The van der Waals surface area contributed by atoms with E-state index >= 15 is 0 Å². The molecule has 0 aliphatic rings. The van der Waals surface area contributed by atoms with Crippen LogP contribution in [-0.2, 0) is 4.79 Å². The summed E-state index contributed by atoms with van der Waals surface area (Å²) in [5, 5.41) is -0.594. The molecule has 0 atom stereocenters. The number of amides is 2. The molecule has 0 aromatic rings. The van der Waals surface area contributed by atoms with Gasteiger partial charge in [-0.15, -0.1) is 0 Å². The first-order valence-electron chi connectivity index (χ1n) is 2.09. The number of carbonyl (C=O) groups excluding carboxylic acids is 2. The van der Waals surface area contributed by atoms with Crippen molar-refractivity contribution in [1.29, 1.82) is 0 Å². The number of nitrogens with one attached hydrogen (secondary N) is 2. The van der Waals surface area contributed by atoms with E-state index in [1.54, 1.807) is 0 Å². The standard InChI is InChI=1S/C3H6ClN3O2/c4-2(8)1-6-7-3(5)9/h6H,1H2,(H3,5,7,9). The van der Waals surface area contributed by atoms with Gasteiger partial charge in [-0.2, -0.15) is 0 Å². The number of halogens is 1. The highest BCUT2D eigenvalue weighted by Crippen LogP contribution is 1.71. The third-order valence-corrected chi connectivity index (χ3v) is 0.573. The summed E-state index contributed by atoms with van der Waals surface area (Å²) in [6.07, 6.45) is 0. The third-order valence-electron chi connectivity index (χ3n) is 0.439. The summed E-state index contributed by atoms with van der Waals surface area (Å²) in [6.45, 7) is -0.134. The average Bonchev–Trinajstić information content (AvgIpc) is 1.63. The normalized spacial score (nSPS) is 8.56. The SMILES string of the molecule is NC(=O)NNCC(=O)Cl. The highest BCUT2D eigenvalue weighted by molar-refractivity contribution is 6.64. The molecule has 4 N–H and O–H groups in total. The molecule has 6 heteroatoms. The molecule has 0 heterocycles. The quantitative estimate of drug-likeness (QED) is 0.355. The van der Waals surface area contributed by atoms with E-state index in [-0.39, 0.29) is 6.54 Å². The van der Waals surface area contributed by atoms with Gasteiger partial charge in [-0.05, 0) is 11.6 Å². The number of nitrogens with two attached hydrogens (primary N) is 1. The Morgan fingerprint density at radius 3 is 2.44 bits per heavy atom. The van der Waals surface area contributed by atoms with E-state index in [0.29, 0.717) is 0 Å². The molecular formula is C3H6ClN3O2. The van der Waals surface area contributed by atoms with Gasteiger partial charge in [0.1, 0.15) is 0 Å². The van der Waals surface area contributed by atoms with Gasteiger partial charge in [-0.3, -0.25) is 10.2 Å². The van der Waals surface area contributed by atoms with Crippen molar-refractivity contribution >= 4 is 22.9 Å². The monoisotopic (exact) mass is 151 g/mol. The summed E-state index contributed by atoms with van der Waals surface area (Å²) in [4.78, 5) is 19.8. The third kappa shape index (κ3) is 7.19. The first-order chi connectivity index (χ1) is 4.13. The summed E-state index contributed by atoms with van der Waals surface area (Å²) in [7, 11) is 0. The molecule has 2 amide bonds. The van der Waals surface area contributed by atoms with Crippen LogP contribution < -0.4 is 16.6 Å². The number of hydrogen-bond donors (Lipinski definition) is 3. The minimum absolute atomic E-state index is 0.134. The Hall–Kier alpha value is -0.810. The summed E-state index contributed by atoms with van der Waals surface area (Å²) in [5.74, 6) is 0. The van der Waals surface area contributed by atoms with Crippen LogP contribution in [0.1, 0.15) is 0 Å². The van der Waals surface area contributed by atoms with Gasteiger partial charge < -0.3 is 5.73 Å². The van der Waals surface area contributed by atoms with Crippen LogP contribution in [0.3, 0.4) is 0 Å². The Labute approximate surface area is 56.5 Å². The number of hydrazine groups is 1. The molecule has 5 nitrogen and oxygen atoms in total. The van der Waals surface area contributed by atoms with Crippen molar-refractivity contribution in [3.8, 4) is 0 Å². The summed E-state index contributed by atoms with van der Waals surface area (Å²) >= 11 is 4.87. The van der Waals surface area contributed by atoms with Gasteiger partial charge in [-0.1, -0.05) is 0 Å². The second-order valence-corrected chi connectivity index (χ2v) is 1.62. The Morgan fingerprint density at radius 2 is 2.11 bits per heavy atom. The Bertz CT molecular complexity index is 112. The maximum absolute atomic E-state index is 9.94. The largest absolute Gasteiger partial charge is 0.351 e. The second kappa shape index (κ2) is 4.11. The van der Waals surface area contributed by atoms with Gasteiger partial charge >= 0.3 is 6.03 Å². The highest BCUT2D eigenvalue weighted by atomic mass is 35.5. The lowest BCUT2D eigenvalue weighted by Crippen LogP contribution is -2.42. The fourth-order valence-corrected chi connectivity index (χ4v) is 0.268. The minimum Gasteiger partial charge on any atom is -0.351 e. The zero-order chi connectivity index (χ0) is 7.28. The lowest BCUT2D eigenvalue weighted by Gasteiger charge is -1.98. The maximum atomic E-state index is 9.94. The molecule has 0 saturated heterocycles. The fourth-order valence-electron chi connectivity index (χ4n) is 0.201. The second-order valence-electron chi connectivity index (χ2n) is 1.20. The van der Waals surface area contributed by atoms with Crippen molar-refractivity contribution in [2.24, 2.45) is 5.73 Å². The molecule has 0 spiro atoms. The first kappa shape index (κ1) is 8.19. The predicted molar refractivity (Wildman–Crippen MR) is 31.6 cm³/mol. The molecule has 0 aromatic heterocycles. The molecule has 0 saturated carbocycles. The molecule has 0 radical (unpaired) electrons. The van der Waals surface area contributed by atoms with Crippen LogP contribution in [0.5, 0.6) is 0 Å². The molecule has 0 aromatic carbocycles. The lowest BCUT2D eigenvalue weighted by molar-refractivity contribution is -0.111.